The molecule has 3 heteroatoms. The van der Waals surface area contributed by atoms with Crippen LogP contribution in [0.15, 0.2) is 24.3 Å². The van der Waals surface area contributed by atoms with E-state index in [1.807, 2.05) is 49.9 Å². The minimum Gasteiger partial charge on any atom is -0.293 e. The topological polar surface area (TPSA) is 3.24 Å². The highest BCUT2D eigenvalue weighted by molar-refractivity contribution is 5.21. The summed E-state index contributed by atoms with van der Waals surface area (Å²) in [4.78, 5) is 1.84. The lowest BCUT2D eigenvalue weighted by Gasteiger charge is -2.32. The van der Waals surface area contributed by atoms with Gasteiger partial charge < -0.3 is 0 Å². The SMILES string of the molecule is CC.Cc1ccc(CN2CCCC(F)(F)C2)cc1. The Morgan fingerprint density at radius 1 is 1.17 bits per heavy atom. The highest BCUT2D eigenvalue weighted by atomic mass is 19.3. The maximum atomic E-state index is 13.2. The van der Waals surface area contributed by atoms with Gasteiger partial charge in [-0.2, -0.15) is 0 Å². The Kier molecular flexibility index (Phi) is 5.73. The molecule has 0 amide bonds. The van der Waals surface area contributed by atoms with Crippen LogP contribution in [0.4, 0.5) is 8.78 Å². The number of hydrogen-bond acceptors (Lipinski definition) is 1. The molecule has 0 N–H and O–H groups in total. The number of aryl methyl sites for hydroxylation is 1. The summed E-state index contributed by atoms with van der Waals surface area (Å²) in [5, 5.41) is 0. The summed E-state index contributed by atoms with van der Waals surface area (Å²) in [5.41, 5.74) is 2.32. The number of likely N-dealkylation sites (tertiary alicyclic amines) is 1. The zero-order chi connectivity index (χ0) is 13.6. The van der Waals surface area contributed by atoms with Crippen molar-refractivity contribution in [1.82, 2.24) is 4.90 Å². The van der Waals surface area contributed by atoms with Gasteiger partial charge in [0, 0.05) is 13.0 Å². The zero-order valence-electron chi connectivity index (χ0n) is 11.5. The van der Waals surface area contributed by atoms with E-state index < -0.39 is 5.92 Å². The Balaban J connectivity index is 0.000000771. The van der Waals surface area contributed by atoms with Crippen LogP contribution in [0, 0.1) is 6.92 Å². The molecule has 1 aromatic rings. The van der Waals surface area contributed by atoms with Crippen LogP contribution >= 0.6 is 0 Å². The molecule has 1 fully saturated rings. The second-order valence-electron chi connectivity index (χ2n) is 4.66. The molecule has 0 spiro atoms. The summed E-state index contributed by atoms with van der Waals surface area (Å²) in [6, 6.07) is 8.08. The van der Waals surface area contributed by atoms with Crippen molar-refractivity contribution in [2.24, 2.45) is 0 Å². The largest absolute Gasteiger partial charge is 0.293 e. The van der Waals surface area contributed by atoms with E-state index in [4.69, 9.17) is 0 Å². The summed E-state index contributed by atoms with van der Waals surface area (Å²) < 4.78 is 26.4. The predicted octanol–water partition coefficient (Wildman–Crippen LogP) is 4.25. The van der Waals surface area contributed by atoms with E-state index in [-0.39, 0.29) is 13.0 Å². The van der Waals surface area contributed by atoms with Gasteiger partial charge in [0.25, 0.3) is 5.92 Å². The monoisotopic (exact) mass is 255 g/mol. The van der Waals surface area contributed by atoms with Crippen molar-refractivity contribution in [3.63, 3.8) is 0 Å². The van der Waals surface area contributed by atoms with Crippen LogP contribution in [0.1, 0.15) is 37.8 Å². The van der Waals surface area contributed by atoms with Crippen molar-refractivity contribution in [1.29, 1.82) is 0 Å². The molecule has 2 rings (SSSR count). The van der Waals surface area contributed by atoms with E-state index in [2.05, 4.69) is 0 Å². The summed E-state index contributed by atoms with van der Waals surface area (Å²) in [7, 11) is 0. The van der Waals surface area contributed by atoms with Crippen LogP contribution in [-0.2, 0) is 6.54 Å². The first-order valence-corrected chi connectivity index (χ1v) is 6.71. The van der Waals surface area contributed by atoms with Gasteiger partial charge in [0.15, 0.2) is 0 Å². The molecule has 102 valence electrons. The van der Waals surface area contributed by atoms with Crippen LogP contribution in [0.25, 0.3) is 0 Å². The lowest BCUT2D eigenvalue weighted by molar-refractivity contribution is -0.0661. The Labute approximate surface area is 109 Å². The molecule has 0 bridgehead atoms. The zero-order valence-corrected chi connectivity index (χ0v) is 11.5. The third-order valence-electron chi connectivity index (χ3n) is 3.00. The van der Waals surface area contributed by atoms with Crippen LogP contribution in [0.2, 0.25) is 0 Å². The smallest absolute Gasteiger partial charge is 0.260 e. The Hall–Kier alpha value is -0.960. The quantitative estimate of drug-likeness (QED) is 0.763. The summed E-state index contributed by atoms with van der Waals surface area (Å²) >= 11 is 0. The van der Waals surface area contributed by atoms with Gasteiger partial charge in [-0.1, -0.05) is 43.7 Å². The standard InChI is InChI=1S/C13H17F2N.C2H6/c1-11-3-5-12(6-4-11)9-16-8-2-7-13(14,15)10-16;1-2/h3-6H,2,7-10H2,1H3;1-2H3. The first kappa shape index (κ1) is 15.1. The van der Waals surface area contributed by atoms with Gasteiger partial charge in [-0.25, -0.2) is 8.78 Å². The maximum Gasteiger partial charge on any atom is 0.260 e. The summed E-state index contributed by atoms with van der Waals surface area (Å²) in [6.45, 7) is 7.35. The molecule has 0 aliphatic carbocycles. The molecular weight excluding hydrogens is 232 g/mol. The van der Waals surface area contributed by atoms with Crippen molar-refractivity contribution >= 4 is 0 Å². The molecule has 1 aliphatic heterocycles. The van der Waals surface area contributed by atoms with Gasteiger partial charge >= 0.3 is 0 Å². The van der Waals surface area contributed by atoms with Gasteiger partial charge in [-0.05, 0) is 25.5 Å². The Morgan fingerprint density at radius 2 is 1.78 bits per heavy atom. The van der Waals surface area contributed by atoms with Crippen LogP contribution < -0.4 is 0 Å². The molecule has 0 aromatic heterocycles. The minimum atomic E-state index is -2.50. The van der Waals surface area contributed by atoms with Crippen LogP contribution in [0.3, 0.4) is 0 Å². The molecule has 0 saturated carbocycles. The number of piperidine rings is 1. The van der Waals surface area contributed by atoms with E-state index in [1.54, 1.807) is 0 Å². The highest BCUT2D eigenvalue weighted by Gasteiger charge is 2.34. The van der Waals surface area contributed by atoms with Gasteiger partial charge in [-0.15, -0.1) is 0 Å². The molecule has 1 saturated heterocycles. The van der Waals surface area contributed by atoms with E-state index in [0.29, 0.717) is 13.0 Å². The number of hydrogen-bond donors (Lipinski definition) is 0. The molecule has 1 heterocycles. The number of benzene rings is 1. The Bertz CT molecular complexity index is 346. The van der Waals surface area contributed by atoms with Crippen molar-refractivity contribution in [3.05, 3.63) is 35.4 Å². The van der Waals surface area contributed by atoms with E-state index in [1.165, 1.54) is 5.56 Å². The molecule has 0 atom stereocenters. The number of alkyl halides is 2. The molecular formula is C15H23F2N. The molecule has 0 radical (unpaired) electrons. The van der Waals surface area contributed by atoms with Crippen molar-refractivity contribution in [2.45, 2.75) is 46.1 Å². The third kappa shape index (κ3) is 4.73. The minimum absolute atomic E-state index is 0.0391. The fourth-order valence-electron chi connectivity index (χ4n) is 2.13. The van der Waals surface area contributed by atoms with Crippen LogP contribution in [-0.4, -0.2) is 23.9 Å². The van der Waals surface area contributed by atoms with Crippen LogP contribution in [0.5, 0.6) is 0 Å². The van der Waals surface area contributed by atoms with Gasteiger partial charge in [-0.3, -0.25) is 4.90 Å². The molecule has 18 heavy (non-hydrogen) atoms. The maximum absolute atomic E-state index is 13.2. The van der Waals surface area contributed by atoms with Crippen molar-refractivity contribution < 1.29 is 8.78 Å². The molecule has 0 unspecified atom stereocenters. The lowest BCUT2D eigenvalue weighted by Crippen LogP contribution is -2.41. The highest BCUT2D eigenvalue weighted by Crippen LogP contribution is 2.27. The summed E-state index contributed by atoms with van der Waals surface area (Å²) in [5.74, 6) is -2.50. The molecule has 1 nitrogen and oxygen atoms in total. The normalized spacial score (nSPS) is 18.9. The van der Waals surface area contributed by atoms with E-state index in [9.17, 15) is 8.78 Å². The third-order valence-corrected chi connectivity index (χ3v) is 3.00. The first-order valence-electron chi connectivity index (χ1n) is 6.71. The second kappa shape index (κ2) is 6.83. The molecule has 1 aromatic carbocycles. The number of halogens is 2. The predicted molar refractivity (Wildman–Crippen MR) is 72.0 cm³/mol. The Morgan fingerprint density at radius 3 is 2.33 bits per heavy atom. The number of rotatable bonds is 2. The van der Waals surface area contributed by atoms with Crippen molar-refractivity contribution in [3.8, 4) is 0 Å². The van der Waals surface area contributed by atoms with Gasteiger partial charge in [0.2, 0.25) is 0 Å². The average molecular weight is 255 g/mol. The van der Waals surface area contributed by atoms with E-state index in [0.717, 1.165) is 12.1 Å². The lowest BCUT2D eigenvalue weighted by atomic mass is 10.1. The molecule has 1 aliphatic rings. The van der Waals surface area contributed by atoms with Gasteiger partial charge in [0.1, 0.15) is 0 Å². The fraction of sp³-hybridized carbons (Fsp3) is 0.600. The fourth-order valence-corrected chi connectivity index (χ4v) is 2.13. The summed E-state index contributed by atoms with van der Waals surface area (Å²) in [6.07, 6.45) is 0.635. The van der Waals surface area contributed by atoms with Gasteiger partial charge in [0.05, 0.1) is 6.54 Å². The second-order valence-corrected chi connectivity index (χ2v) is 4.66. The van der Waals surface area contributed by atoms with E-state index >= 15 is 0 Å². The number of nitrogens with zero attached hydrogens (tertiary/aromatic N) is 1. The van der Waals surface area contributed by atoms with Crippen molar-refractivity contribution in [2.75, 3.05) is 13.1 Å². The average Bonchev–Trinajstić information content (AvgIpc) is 2.33. The first-order chi connectivity index (χ1) is 8.55.